The van der Waals surface area contributed by atoms with E-state index in [4.69, 9.17) is 9.72 Å². The summed E-state index contributed by atoms with van der Waals surface area (Å²) in [4.78, 5) is 8.02. The molecule has 3 rings (SSSR count). The molecular weight excluding hydrogens is 326 g/mol. The Morgan fingerprint density at radius 3 is 3.21 bits per heavy atom. The van der Waals surface area contributed by atoms with Crippen LogP contribution in [0.25, 0.3) is 4.96 Å². The topological polar surface area (TPSA) is 29.8 Å². The summed E-state index contributed by atoms with van der Waals surface area (Å²) in [6.07, 6.45) is 6.07. The molecule has 6 heteroatoms. The van der Waals surface area contributed by atoms with Gasteiger partial charge in [0, 0.05) is 37.1 Å². The maximum absolute atomic E-state index is 5.81. The molecule has 1 fully saturated rings. The SMILES string of the molecule is CN(CC1CCCCO1)c1nc2sccn2c1CBr. The molecule has 4 nitrogen and oxygen atoms in total. The minimum absolute atomic E-state index is 0.349. The third-order valence-electron chi connectivity index (χ3n) is 3.58. The number of fused-ring (bicyclic) bond motifs is 1. The zero-order chi connectivity index (χ0) is 13.2. The number of alkyl halides is 1. The molecule has 2 aromatic rings. The Kier molecular flexibility index (Phi) is 4.10. The predicted octanol–water partition coefficient (Wildman–Crippen LogP) is 3.30. The van der Waals surface area contributed by atoms with Crippen LogP contribution in [0.15, 0.2) is 11.6 Å². The molecule has 2 aromatic heterocycles. The van der Waals surface area contributed by atoms with Crippen LogP contribution < -0.4 is 4.90 Å². The maximum atomic E-state index is 5.81. The molecule has 0 radical (unpaired) electrons. The fourth-order valence-electron chi connectivity index (χ4n) is 2.59. The number of nitrogens with zero attached hydrogens (tertiary/aromatic N) is 3. The Balaban J connectivity index is 1.79. The zero-order valence-corrected chi connectivity index (χ0v) is 13.4. The molecule has 0 aliphatic carbocycles. The Morgan fingerprint density at radius 1 is 1.58 bits per heavy atom. The van der Waals surface area contributed by atoms with E-state index in [0.717, 1.165) is 35.7 Å². The standard InChI is InChI=1S/C13H18BrN3OS/c1-16(9-10-4-2-3-6-18-10)12-11(8-14)17-5-7-19-13(17)15-12/h5,7,10H,2-4,6,8-9H2,1H3. The lowest BCUT2D eigenvalue weighted by atomic mass is 10.1. The van der Waals surface area contributed by atoms with Crippen LogP contribution >= 0.6 is 27.3 Å². The second-order valence-electron chi connectivity index (χ2n) is 4.94. The smallest absolute Gasteiger partial charge is 0.195 e. The van der Waals surface area contributed by atoms with E-state index in [1.807, 2.05) is 0 Å². The summed E-state index contributed by atoms with van der Waals surface area (Å²) in [6, 6.07) is 0. The molecule has 19 heavy (non-hydrogen) atoms. The number of rotatable bonds is 4. The number of halogens is 1. The second-order valence-corrected chi connectivity index (χ2v) is 6.37. The van der Waals surface area contributed by atoms with Crippen molar-refractivity contribution in [2.75, 3.05) is 25.1 Å². The lowest BCUT2D eigenvalue weighted by Gasteiger charge is -2.27. The number of thiazole rings is 1. The van der Waals surface area contributed by atoms with Gasteiger partial charge in [0.1, 0.15) is 0 Å². The van der Waals surface area contributed by atoms with Crippen LogP contribution in [0, 0.1) is 0 Å². The highest BCUT2D eigenvalue weighted by molar-refractivity contribution is 9.08. The van der Waals surface area contributed by atoms with E-state index in [1.165, 1.54) is 18.5 Å². The van der Waals surface area contributed by atoms with Crippen molar-refractivity contribution in [3.8, 4) is 0 Å². The summed E-state index contributed by atoms with van der Waals surface area (Å²) in [5.74, 6) is 1.07. The molecular formula is C13H18BrN3OS. The molecule has 1 unspecified atom stereocenters. The van der Waals surface area contributed by atoms with Crippen molar-refractivity contribution in [1.29, 1.82) is 0 Å². The molecule has 0 amide bonds. The van der Waals surface area contributed by atoms with Gasteiger partial charge in [0.25, 0.3) is 0 Å². The number of likely N-dealkylation sites (N-methyl/N-ethyl adjacent to an activating group) is 1. The molecule has 0 spiro atoms. The fraction of sp³-hybridized carbons (Fsp3) is 0.615. The monoisotopic (exact) mass is 343 g/mol. The van der Waals surface area contributed by atoms with Crippen LogP contribution in [0.2, 0.25) is 0 Å². The molecule has 1 aliphatic heterocycles. The van der Waals surface area contributed by atoms with Crippen LogP contribution in [0.5, 0.6) is 0 Å². The van der Waals surface area contributed by atoms with Gasteiger partial charge in [0.15, 0.2) is 10.8 Å². The number of hydrogen-bond donors (Lipinski definition) is 0. The van der Waals surface area contributed by atoms with Crippen molar-refractivity contribution >= 4 is 38.0 Å². The van der Waals surface area contributed by atoms with Gasteiger partial charge < -0.3 is 9.64 Å². The highest BCUT2D eigenvalue weighted by Gasteiger charge is 2.20. The molecule has 104 valence electrons. The summed E-state index contributed by atoms with van der Waals surface area (Å²) in [6.45, 7) is 1.83. The number of hydrogen-bond acceptors (Lipinski definition) is 4. The first-order valence-electron chi connectivity index (χ1n) is 6.62. The highest BCUT2D eigenvalue weighted by atomic mass is 79.9. The van der Waals surface area contributed by atoms with Gasteiger partial charge in [-0.25, -0.2) is 4.98 Å². The molecule has 0 bridgehead atoms. The molecule has 3 heterocycles. The first-order valence-corrected chi connectivity index (χ1v) is 8.63. The van der Waals surface area contributed by atoms with Gasteiger partial charge >= 0.3 is 0 Å². The van der Waals surface area contributed by atoms with Crippen LogP contribution in [0.4, 0.5) is 5.82 Å². The molecule has 0 N–H and O–H groups in total. The normalized spacial score (nSPS) is 20.0. The number of anilines is 1. The minimum atomic E-state index is 0.349. The zero-order valence-electron chi connectivity index (χ0n) is 11.0. The van der Waals surface area contributed by atoms with E-state index in [0.29, 0.717) is 6.10 Å². The van der Waals surface area contributed by atoms with Crippen molar-refractivity contribution in [1.82, 2.24) is 9.38 Å². The van der Waals surface area contributed by atoms with Crippen molar-refractivity contribution in [3.05, 3.63) is 17.3 Å². The van der Waals surface area contributed by atoms with E-state index in [9.17, 15) is 0 Å². The van der Waals surface area contributed by atoms with Gasteiger partial charge in [0.05, 0.1) is 11.8 Å². The van der Waals surface area contributed by atoms with E-state index < -0.39 is 0 Å². The van der Waals surface area contributed by atoms with Gasteiger partial charge in [-0.2, -0.15) is 0 Å². The van der Waals surface area contributed by atoms with Gasteiger partial charge in [-0.3, -0.25) is 4.40 Å². The summed E-state index contributed by atoms with van der Waals surface area (Å²) < 4.78 is 7.97. The summed E-state index contributed by atoms with van der Waals surface area (Å²) >= 11 is 5.25. The lowest BCUT2D eigenvalue weighted by molar-refractivity contribution is 0.0215. The average Bonchev–Trinajstić information content (AvgIpc) is 2.99. The molecule has 0 saturated carbocycles. The van der Waals surface area contributed by atoms with Gasteiger partial charge in [-0.05, 0) is 19.3 Å². The van der Waals surface area contributed by atoms with Crippen LogP contribution in [-0.4, -0.2) is 35.7 Å². The molecule has 0 aromatic carbocycles. The summed E-state index contributed by atoms with van der Waals surface area (Å²) in [7, 11) is 2.11. The van der Waals surface area contributed by atoms with Gasteiger partial charge in [-0.1, -0.05) is 15.9 Å². The van der Waals surface area contributed by atoms with Crippen LogP contribution in [0.3, 0.4) is 0 Å². The first kappa shape index (κ1) is 13.4. The number of aromatic nitrogens is 2. The van der Waals surface area contributed by atoms with Gasteiger partial charge in [0.2, 0.25) is 0 Å². The lowest BCUT2D eigenvalue weighted by Crippen LogP contribution is -2.33. The fourth-order valence-corrected chi connectivity index (χ4v) is 3.84. The van der Waals surface area contributed by atoms with Crippen molar-refractivity contribution in [2.45, 2.75) is 30.7 Å². The van der Waals surface area contributed by atoms with Crippen LogP contribution in [-0.2, 0) is 10.1 Å². The van der Waals surface area contributed by atoms with E-state index >= 15 is 0 Å². The first-order chi connectivity index (χ1) is 9.29. The number of imidazole rings is 1. The molecule has 1 saturated heterocycles. The highest BCUT2D eigenvalue weighted by Crippen LogP contribution is 2.26. The number of ether oxygens (including phenoxy) is 1. The third kappa shape index (κ3) is 2.66. The second kappa shape index (κ2) is 5.81. The van der Waals surface area contributed by atoms with E-state index in [-0.39, 0.29) is 0 Å². The Hall–Kier alpha value is -0.590. The van der Waals surface area contributed by atoms with E-state index in [1.54, 1.807) is 11.3 Å². The van der Waals surface area contributed by atoms with E-state index in [2.05, 4.69) is 43.9 Å². The Labute approximate surface area is 125 Å². The summed E-state index contributed by atoms with van der Waals surface area (Å²) in [5.41, 5.74) is 1.22. The minimum Gasteiger partial charge on any atom is -0.376 e. The average molecular weight is 344 g/mol. The Bertz CT molecular complexity index is 547. The molecule has 1 atom stereocenters. The van der Waals surface area contributed by atoms with Crippen molar-refractivity contribution < 1.29 is 4.74 Å². The largest absolute Gasteiger partial charge is 0.376 e. The Morgan fingerprint density at radius 2 is 2.47 bits per heavy atom. The molecule has 1 aliphatic rings. The van der Waals surface area contributed by atoms with Crippen molar-refractivity contribution in [2.24, 2.45) is 0 Å². The van der Waals surface area contributed by atoms with Crippen LogP contribution in [0.1, 0.15) is 25.0 Å². The van der Waals surface area contributed by atoms with Gasteiger partial charge in [-0.15, -0.1) is 11.3 Å². The quantitative estimate of drug-likeness (QED) is 0.797. The maximum Gasteiger partial charge on any atom is 0.195 e. The van der Waals surface area contributed by atoms with Crippen molar-refractivity contribution in [3.63, 3.8) is 0 Å². The third-order valence-corrected chi connectivity index (χ3v) is 4.87. The predicted molar refractivity (Wildman–Crippen MR) is 82.6 cm³/mol. The summed E-state index contributed by atoms with van der Waals surface area (Å²) in [5, 5.41) is 2.89.